The molecule has 120 valence electrons. The summed E-state index contributed by atoms with van der Waals surface area (Å²) < 4.78 is 5.58. The minimum absolute atomic E-state index is 0.0867. The Kier molecular flexibility index (Phi) is 6.18. The van der Waals surface area contributed by atoms with E-state index in [0.717, 1.165) is 16.9 Å². The van der Waals surface area contributed by atoms with Crippen molar-refractivity contribution in [2.75, 3.05) is 6.61 Å². The molecule has 0 aromatic heterocycles. The molecule has 5 heteroatoms. The second kappa shape index (κ2) is 8.34. The maximum Gasteiger partial charge on any atom is 0.277 e. The summed E-state index contributed by atoms with van der Waals surface area (Å²) in [5.41, 5.74) is 4.31. The molecule has 0 fully saturated rings. The van der Waals surface area contributed by atoms with Crippen LogP contribution in [0.25, 0.3) is 0 Å². The lowest BCUT2D eigenvalue weighted by molar-refractivity contribution is -0.123. The van der Waals surface area contributed by atoms with Crippen LogP contribution in [0.2, 0.25) is 5.02 Å². The predicted molar refractivity (Wildman–Crippen MR) is 93.2 cm³/mol. The van der Waals surface area contributed by atoms with Crippen molar-refractivity contribution in [1.82, 2.24) is 5.43 Å². The quantitative estimate of drug-likeness (QED) is 0.643. The van der Waals surface area contributed by atoms with Gasteiger partial charge in [0.15, 0.2) is 6.61 Å². The third kappa shape index (κ3) is 5.42. The molecule has 0 radical (unpaired) electrons. The minimum Gasteiger partial charge on any atom is -0.483 e. The molecule has 2 aromatic rings. The molecule has 0 spiro atoms. The zero-order valence-electron chi connectivity index (χ0n) is 13.1. The van der Waals surface area contributed by atoms with Crippen LogP contribution in [-0.4, -0.2) is 18.7 Å². The highest BCUT2D eigenvalue weighted by atomic mass is 35.5. The summed E-state index contributed by atoms with van der Waals surface area (Å²) in [7, 11) is 0. The molecule has 0 bridgehead atoms. The normalized spacial score (nSPS) is 11.0. The first-order valence-corrected chi connectivity index (χ1v) is 7.73. The van der Waals surface area contributed by atoms with Gasteiger partial charge in [-0.3, -0.25) is 4.79 Å². The molecule has 0 atom stereocenters. The summed E-state index contributed by atoms with van der Waals surface area (Å²) >= 11 is 5.88. The van der Waals surface area contributed by atoms with Crippen molar-refractivity contribution in [3.8, 4) is 5.75 Å². The lowest BCUT2D eigenvalue weighted by Gasteiger charge is -2.12. The standard InChI is InChI=1S/C18H19ClN2O2/c1-13(2)16-8-3-4-9-17(16)23-12-18(22)21-20-11-14-6-5-7-15(19)10-14/h3-11,13H,12H2,1-2H3,(H,21,22)/b20-11+. The summed E-state index contributed by atoms with van der Waals surface area (Å²) in [6, 6.07) is 14.9. The van der Waals surface area contributed by atoms with Gasteiger partial charge in [-0.1, -0.05) is 55.8 Å². The van der Waals surface area contributed by atoms with E-state index in [1.54, 1.807) is 12.1 Å². The molecule has 2 aromatic carbocycles. The van der Waals surface area contributed by atoms with Crippen LogP contribution in [0.5, 0.6) is 5.75 Å². The fourth-order valence-corrected chi connectivity index (χ4v) is 2.23. The molecule has 0 unspecified atom stereocenters. The van der Waals surface area contributed by atoms with Crippen LogP contribution in [-0.2, 0) is 4.79 Å². The number of hydrazone groups is 1. The highest BCUT2D eigenvalue weighted by Crippen LogP contribution is 2.25. The van der Waals surface area contributed by atoms with Crippen molar-refractivity contribution < 1.29 is 9.53 Å². The number of hydrogen-bond donors (Lipinski definition) is 1. The van der Waals surface area contributed by atoms with E-state index in [1.165, 1.54) is 6.21 Å². The smallest absolute Gasteiger partial charge is 0.277 e. The topological polar surface area (TPSA) is 50.7 Å². The second-order valence-corrected chi connectivity index (χ2v) is 5.77. The third-order valence-electron chi connectivity index (χ3n) is 3.15. The van der Waals surface area contributed by atoms with Gasteiger partial charge < -0.3 is 4.74 Å². The predicted octanol–water partition coefficient (Wildman–Crippen LogP) is 3.99. The molecule has 0 aliphatic rings. The lowest BCUT2D eigenvalue weighted by Crippen LogP contribution is -2.24. The minimum atomic E-state index is -0.318. The number of amides is 1. The van der Waals surface area contributed by atoms with Crippen molar-refractivity contribution in [3.05, 3.63) is 64.7 Å². The fraction of sp³-hybridized carbons (Fsp3) is 0.222. The van der Waals surface area contributed by atoms with Crippen LogP contribution < -0.4 is 10.2 Å². The highest BCUT2D eigenvalue weighted by Gasteiger charge is 2.08. The van der Waals surface area contributed by atoms with Gasteiger partial charge in [-0.25, -0.2) is 5.43 Å². The van der Waals surface area contributed by atoms with Crippen LogP contribution in [0, 0.1) is 0 Å². The second-order valence-electron chi connectivity index (χ2n) is 5.33. The molecule has 23 heavy (non-hydrogen) atoms. The zero-order chi connectivity index (χ0) is 16.7. The van der Waals surface area contributed by atoms with Gasteiger partial charge >= 0.3 is 0 Å². The Balaban J connectivity index is 1.86. The first kappa shape index (κ1) is 17.0. The number of halogens is 1. The Bertz CT molecular complexity index is 699. The summed E-state index contributed by atoms with van der Waals surface area (Å²) in [5.74, 6) is 0.730. The average molecular weight is 331 g/mol. The van der Waals surface area contributed by atoms with Gasteiger partial charge in [0.25, 0.3) is 5.91 Å². The van der Waals surface area contributed by atoms with Crippen LogP contribution in [0.4, 0.5) is 0 Å². The van der Waals surface area contributed by atoms with Gasteiger partial charge in [0.1, 0.15) is 5.75 Å². The first-order valence-electron chi connectivity index (χ1n) is 7.35. The highest BCUT2D eigenvalue weighted by molar-refractivity contribution is 6.30. The van der Waals surface area contributed by atoms with Crippen molar-refractivity contribution in [2.45, 2.75) is 19.8 Å². The van der Waals surface area contributed by atoms with Crippen LogP contribution in [0.15, 0.2) is 53.6 Å². The molecule has 1 N–H and O–H groups in total. The van der Waals surface area contributed by atoms with E-state index < -0.39 is 0 Å². The Morgan fingerprint density at radius 1 is 1.26 bits per heavy atom. The molecule has 0 aliphatic carbocycles. The van der Waals surface area contributed by atoms with Crippen LogP contribution in [0.3, 0.4) is 0 Å². The Hall–Kier alpha value is -2.33. The number of carbonyl (C=O) groups is 1. The summed E-state index contributed by atoms with van der Waals surface area (Å²) in [6.45, 7) is 4.08. The number of hydrogen-bond acceptors (Lipinski definition) is 3. The van der Waals surface area contributed by atoms with E-state index in [9.17, 15) is 4.79 Å². The molecule has 0 aliphatic heterocycles. The Morgan fingerprint density at radius 3 is 2.78 bits per heavy atom. The Labute approximate surface area is 141 Å². The molecule has 0 heterocycles. The molecular formula is C18H19ClN2O2. The summed E-state index contributed by atoms with van der Waals surface area (Å²) in [5, 5.41) is 4.51. The van der Waals surface area contributed by atoms with E-state index in [2.05, 4.69) is 24.4 Å². The molecule has 4 nitrogen and oxygen atoms in total. The fourth-order valence-electron chi connectivity index (χ4n) is 2.03. The van der Waals surface area contributed by atoms with E-state index in [0.29, 0.717) is 10.9 Å². The molecular weight excluding hydrogens is 312 g/mol. The van der Waals surface area contributed by atoms with Crippen molar-refractivity contribution >= 4 is 23.7 Å². The van der Waals surface area contributed by atoms with E-state index in [4.69, 9.17) is 16.3 Å². The van der Waals surface area contributed by atoms with Gasteiger partial charge in [0.2, 0.25) is 0 Å². The number of carbonyl (C=O) groups excluding carboxylic acids is 1. The van der Waals surface area contributed by atoms with Gasteiger partial charge in [-0.15, -0.1) is 0 Å². The number of ether oxygens (including phenoxy) is 1. The number of para-hydroxylation sites is 1. The largest absolute Gasteiger partial charge is 0.483 e. The van der Waals surface area contributed by atoms with Crippen molar-refractivity contribution in [2.24, 2.45) is 5.10 Å². The number of nitrogens with zero attached hydrogens (tertiary/aromatic N) is 1. The molecule has 0 saturated heterocycles. The zero-order valence-corrected chi connectivity index (χ0v) is 13.9. The SMILES string of the molecule is CC(C)c1ccccc1OCC(=O)N/N=C/c1cccc(Cl)c1. The monoisotopic (exact) mass is 330 g/mol. The molecule has 2 rings (SSSR count). The van der Waals surface area contributed by atoms with Crippen molar-refractivity contribution in [3.63, 3.8) is 0 Å². The van der Waals surface area contributed by atoms with Crippen LogP contribution in [0.1, 0.15) is 30.9 Å². The maximum absolute atomic E-state index is 11.8. The molecule has 0 saturated carbocycles. The first-order chi connectivity index (χ1) is 11.1. The average Bonchev–Trinajstić information content (AvgIpc) is 2.53. The van der Waals surface area contributed by atoms with E-state index >= 15 is 0 Å². The van der Waals surface area contributed by atoms with Gasteiger partial charge in [-0.2, -0.15) is 5.10 Å². The van der Waals surface area contributed by atoms with Gasteiger partial charge in [0, 0.05) is 5.02 Å². The van der Waals surface area contributed by atoms with Crippen molar-refractivity contribution in [1.29, 1.82) is 0 Å². The summed E-state index contributed by atoms with van der Waals surface area (Å²) in [6.07, 6.45) is 1.53. The van der Waals surface area contributed by atoms with E-state index in [1.807, 2.05) is 36.4 Å². The number of benzene rings is 2. The van der Waals surface area contributed by atoms with Crippen LogP contribution >= 0.6 is 11.6 Å². The van der Waals surface area contributed by atoms with E-state index in [-0.39, 0.29) is 12.5 Å². The molecule has 1 amide bonds. The maximum atomic E-state index is 11.8. The summed E-state index contributed by atoms with van der Waals surface area (Å²) in [4.78, 5) is 11.8. The van der Waals surface area contributed by atoms with Gasteiger partial charge in [-0.05, 0) is 35.2 Å². The number of rotatable bonds is 6. The lowest BCUT2D eigenvalue weighted by atomic mass is 10.0. The third-order valence-corrected chi connectivity index (χ3v) is 3.39. The van der Waals surface area contributed by atoms with Gasteiger partial charge in [0.05, 0.1) is 6.21 Å². The Morgan fingerprint density at radius 2 is 2.04 bits per heavy atom. The number of nitrogens with one attached hydrogen (secondary N) is 1.